The van der Waals surface area contributed by atoms with E-state index in [2.05, 4.69) is 32.7 Å². The zero-order chi connectivity index (χ0) is 11.1. The van der Waals surface area contributed by atoms with Gasteiger partial charge in [0.15, 0.2) is 0 Å². The van der Waals surface area contributed by atoms with E-state index in [4.69, 9.17) is 9.47 Å². The van der Waals surface area contributed by atoms with Gasteiger partial charge in [-0.2, -0.15) is 0 Å². The van der Waals surface area contributed by atoms with Crippen molar-refractivity contribution in [2.45, 2.75) is 6.04 Å². The second-order valence-corrected chi connectivity index (χ2v) is 4.84. The highest BCUT2D eigenvalue weighted by Crippen LogP contribution is 2.28. The van der Waals surface area contributed by atoms with Gasteiger partial charge >= 0.3 is 0 Å². The molecule has 0 fully saturated rings. The standard InChI is InChI=1S/C10H16BrNO2S/c1-12-9(7-14-5-4-13-2)10-8(11)3-6-15-10/h3,6,9,12H,4-5,7H2,1-2H3. The molecule has 0 saturated heterocycles. The van der Waals surface area contributed by atoms with Gasteiger partial charge in [0.25, 0.3) is 0 Å². The Labute approximate surface area is 103 Å². The fourth-order valence-electron chi connectivity index (χ4n) is 1.19. The average Bonchev–Trinajstić information content (AvgIpc) is 2.65. The number of thiophene rings is 1. The van der Waals surface area contributed by atoms with Crippen LogP contribution in [0.25, 0.3) is 0 Å². The van der Waals surface area contributed by atoms with Crippen molar-refractivity contribution in [3.8, 4) is 0 Å². The number of ether oxygens (including phenoxy) is 2. The van der Waals surface area contributed by atoms with Gasteiger partial charge in [0, 0.05) is 16.5 Å². The fourth-order valence-corrected chi connectivity index (χ4v) is 2.93. The lowest BCUT2D eigenvalue weighted by atomic mass is 10.2. The molecular formula is C10H16BrNO2S. The lowest BCUT2D eigenvalue weighted by Crippen LogP contribution is -2.22. The summed E-state index contributed by atoms with van der Waals surface area (Å²) in [6.07, 6.45) is 0. The van der Waals surface area contributed by atoms with Crippen LogP contribution in [0.2, 0.25) is 0 Å². The molecule has 0 amide bonds. The monoisotopic (exact) mass is 293 g/mol. The molecule has 3 nitrogen and oxygen atoms in total. The maximum absolute atomic E-state index is 5.50. The van der Waals surface area contributed by atoms with E-state index in [-0.39, 0.29) is 6.04 Å². The lowest BCUT2D eigenvalue weighted by Gasteiger charge is -2.15. The number of methoxy groups -OCH3 is 1. The first-order valence-corrected chi connectivity index (χ1v) is 6.43. The molecular weight excluding hydrogens is 278 g/mol. The summed E-state index contributed by atoms with van der Waals surface area (Å²) >= 11 is 5.25. The Morgan fingerprint density at radius 1 is 1.53 bits per heavy atom. The first-order chi connectivity index (χ1) is 7.29. The van der Waals surface area contributed by atoms with Crippen LogP contribution < -0.4 is 5.32 Å². The number of hydrogen-bond acceptors (Lipinski definition) is 4. The lowest BCUT2D eigenvalue weighted by molar-refractivity contribution is 0.0600. The van der Waals surface area contributed by atoms with E-state index in [1.54, 1.807) is 18.4 Å². The molecule has 1 unspecified atom stereocenters. The second-order valence-electron chi connectivity index (χ2n) is 3.04. The third-order valence-electron chi connectivity index (χ3n) is 2.03. The van der Waals surface area contributed by atoms with Crippen LogP contribution in [0, 0.1) is 0 Å². The van der Waals surface area contributed by atoms with Crippen molar-refractivity contribution in [3.05, 3.63) is 20.8 Å². The third kappa shape index (κ3) is 4.20. The molecule has 0 spiro atoms. The largest absolute Gasteiger partial charge is 0.382 e. The van der Waals surface area contributed by atoms with Gasteiger partial charge in [-0.1, -0.05) is 0 Å². The van der Waals surface area contributed by atoms with Crippen molar-refractivity contribution in [1.29, 1.82) is 0 Å². The molecule has 1 rings (SSSR count). The van der Waals surface area contributed by atoms with E-state index in [0.29, 0.717) is 19.8 Å². The zero-order valence-electron chi connectivity index (χ0n) is 8.96. The number of hydrogen-bond donors (Lipinski definition) is 1. The smallest absolute Gasteiger partial charge is 0.0701 e. The molecule has 0 aliphatic heterocycles. The molecule has 1 N–H and O–H groups in total. The highest BCUT2D eigenvalue weighted by molar-refractivity contribution is 9.10. The van der Waals surface area contributed by atoms with Crippen LogP contribution in [0.3, 0.4) is 0 Å². The summed E-state index contributed by atoms with van der Waals surface area (Å²) in [6, 6.07) is 2.30. The molecule has 0 aromatic carbocycles. The Morgan fingerprint density at radius 3 is 2.87 bits per heavy atom. The maximum atomic E-state index is 5.50. The fraction of sp³-hybridized carbons (Fsp3) is 0.600. The molecule has 0 bridgehead atoms. The molecule has 86 valence electrons. The van der Waals surface area contributed by atoms with E-state index in [1.807, 2.05) is 7.05 Å². The Kier molecular flexibility index (Phi) is 6.43. The van der Waals surface area contributed by atoms with Crippen molar-refractivity contribution >= 4 is 27.3 Å². The summed E-state index contributed by atoms with van der Waals surface area (Å²) in [5.41, 5.74) is 0. The molecule has 0 saturated carbocycles. The molecule has 0 radical (unpaired) electrons. The quantitative estimate of drug-likeness (QED) is 0.784. The summed E-state index contributed by atoms with van der Waals surface area (Å²) in [4.78, 5) is 1.27. The predicted molar refractivity (Wildman–Crippen MR) is 66.5 cm³/mol. The van der Waals surface area contributed by atoms with Crippen molar-refractivity contribution in [2.24, 2.45) is 0 Å². The van der Waals surface area contributed by atoms with Gasteiger partial charge in [-0.25, -0.2) is 0 Å². The minimum absolute atomic E-state index is 0.247. The van der Waals surface area contributed by atoms with Gasteiger partial charge in [-0.15, -0.1) is 11.3 Å². The van der Waals surface area contributed by atoms with Crippen LogP contribution in [-0.2, 0) is 9.47 Å². The highest BCUT2D eigenvalue weighted by atomic mass is 79.9. The molecule has 1 aromatic rings. The van der Waals surface area contributed by atoms with Gasteiger partial charge in [0.05, 0.1) is 25.9 Å². The summed E-state index contributed by atoms with van der Waals surface area (Å²) < 4.78 is 11.6. The van der Waals surface area contributed by atoms with Gasteiger partial charge in [0.2, 0.25) is 0 Å². The second kappa shape index (κ2) is 7.35. The van der Waals surface area contributed by atoms with Crippen LogP contribution in [0.4, 0.5) is 0 Å². The average molecular weight is 294 g/mol. The van der Waals surface area contributed by atoms with Gasteiger partial charge < -0.3 is 14.8 Å². The zero-order valence-corrected chi connectivity index (χ0v) is 11.4. The molecule has 15 heavy (non-hydrogen) atoms. The molecule has 1 atom stereocenters. The van der Waals surface area contributed by atoms with Crippen LogP contribution in [0.15, 0.2) is 15.9 Å². The Balaban J connectivity index is 2.39. The minimum atomic E-state index is 0.247. The van der Waals surface area contributed by atoms with E-state index in [1.165, 1.54) is 4.88 Å². The van der Waals surface area contributed by atoms with Crippen molar-refractivity contribution < 1.29 is 9.47 Å². The minimum Gasteiger partial charge on any atom is -0.382 e. The van der Waals surface area contributed by atoms with E-state index in [9.17, 15) is 0 Å². The van der Waals surface area contributed by atoms with E-state index < -0.39 is 0 Å². The topological polar surface area (TPSA) is 30.5 Å². The van der Waals surface area contributed by atoms with Crippen LogP contribution in [-0.4, -0.2) is 34.0 Å². The highest BCUT2D eigenvalue weighted by Gasteiger charge is 2.13. The summed E-state index contributed by atoms with van der Waals surface area (Å²) in [5.74, 6) is 0. The number of halogens is 1. The Morgan fingerprint density at radius 2 is 2.33 bits per heavy atom. The number of likely N-dealkylation sites (N-methyl/N-ethyl adjacent to an activating group) is 1. The molecule has 0 aliphatic rings. The van der Waals surface area contributed by atoms with Crippen molar-refractivity contribution in [3.63, 3.8) is 0 Å². The molecule has 1 aromatic heterocycles. The number of nitrogens with one attached hydrogen (secondary N) is 1. The molecule has 5 heteroatoms. The maximum Gasteiger partial charge on any atom is 0.0701 e. The summed E-state index contributed by atoms with van der Waals surface area (Å²) in [5, 5.41) is 5.31. The SMILES string of the molecule is CNC(COCCOC)c1sccc1Br. The van der Waals surface area contributed by atoms with Crippen molar-refractivity contribution in [2.75, 3.05) is 34.0 Å². The molecule has 1 heterocycles. The van der Waals surface area contributed by atoms with E-state index >= 15 is 0 Å². The van der Waals surface area contributed by atoms with E-state index in [0.717, 1.165) is 4.47 Å². The first kappa shape index (κ1) is 13.1. The predicted octanol–water partition coefficient (Wildman–Crippen LogP) is 2.43. The van der Waals surface area contributed by atoms with Gasteiger partial charge in [-0.3, -0.25) is 0 Å². The van der Waals surface area contributed by atoms with Crippen LogP contribution in [0.1, 0.15) is 10.9 Å². The van der Waals surface area contributed by atoms with Gasteiger partial charge in [0.1, 0.15) is 0 Å². The summed E-state index contributed by atoms with van der Waals surface area (Å²) in [6.45, 7) is 1.94. The molecule has 0 aliphatic carbocycles. The first-order valence-electron chi connectivity index (χ1n) is 4.76. The van der Waals surface area contributed by atoms with Crippen LogP contribution in [0.5, 0.6) is 0 Å². The summed E-state index contributed by atoms with van der Waals surface area (Å²) in [7, 11) is 3.62. The van der Waals surface area contributed by atoms with Gasteiger partial charge in [-0.05, 0) is 34.4 Å². The third-order valence-corrected chi connectivity index (χ3v) is 4.01. The Bertz CT molecular complexity index is 280. The van der Waals surface area contributed by atoms with Crippen LogP contribution >= 0.6 is 27.3 Å². The number of rotatable bonds is 7. The van der Waals surface area contributed by atoms with Crippen molar-refractivity contribution in [1.82, 2.24) is 5.32 Å². The normalized spacial score (nSPS) is 13.0. The Hall–Kier alpha value is 0.0600.